The molecule has 2 heterocycles. The van der Waals surface area contributed by atoms with Crippen LogP contribution in [0.2, 0.25) is 0 Å². The van der Waals surface area contributed by atoms with E-state index in [1.807, 2.05) is 58.2 Å². The van der Waals surface area contributed by atoms with Crippen LogP contribution in [0.1, 0.15) is 36.2 Å². The van der Waals surface area contributed by atoms with E-state index >= 15 is 0 Å². The third-order valence-corrected chi connectivity index (χ3v) is 4.95. The summed E-state index contributed by atoms with van der Waals surface area (Å²) < 4.78 is 0. The van der Waals surface area contributed by atoms with Crippen molar-refractivity contribution < 1.29 is 4.79 Å². The Morgan fingerprint density at radius 2 is 1.96 bits per heavy atom. The number of hydrogen-bond donors (Lipinski definition) is 2. The SMILES string of the molecule is CN/C(=C\C(=N)c1ccc2c(c1)N(C)C(=O)C2(C)C)c1ccnc(C)c1. The van der Waals surface area contributed by atoms with Gasteiger partial charge < -0.3 is 15.6 Å². The number of carbonyl (C=O) groups is 1. The molecule has 0 atom stereocenters. The zero-order chi connectivity index (χ0) is 19.1. The molecule has 1 aromatic carbocycles. The third-order valence-electron chi connectivity index (χ3n) is 4.95. The fourth-order valence-electron chi connectivity index (χ4n) is 3.39. The van der Waals surface area contributed by atoms with Gasteiger partial charge in [0.1, 0.15) is 0 Å². The van der Waals surface area contributed by atoms with E-state index in [0.29, 0.717) is 5.71 Å². The number of aromatic nitrogens is 1. The Hall–Kier alpha value is -2.95. The molecule has 134 valence electrons. The van der Waals surface area contributed by atoms with E-state index in [-0.39, 0.29) is 5.91 Å². The number of aryl methyl sites for hydroxylation is 1. The number of nitrogens with one attached hydrogen (secondary N) is 2. The summed E-state index contributed by atoms with van der Waals surface area (Å²) in [4.78, 5) is 18.3. The fourth-order valence-corrected chi connectivity index (χ4v) is 3.39. The second kappa shape index (κ2) is 6.41. The van der Waals surface area contributed by atoms with E-state index in [0.717, 1.165) is 33.8 Å². The lowest BCUT2D eigenvalue weighted by Gasteiger charge is -2.16. The van der Waals surface area contributed by atoms with Crippen molar-refractivity contribution in [1.29, 1.82) is 5.41 Å². The van der Waals surface area contributed by atoms with Crippen molar-refractivity contribution in [1.82, 2.24) is 10.3 Å². The van der Waals surface area contributed by atoms with Gasteiger partial charge in [-0.1, -0.05) is 12.1 Å². The topological polar surface area (TPSA) is 69.1 Å². The van der Waals surface area contributed by atoms with Gasteiger partial charge in [0, 0.05) is 48.5 Å². The number of fused-ring (bicyclic) bond motifs is 1. The van der Waals surface area contributed by atoms with Crippen molar-refractivity contribution in [3.05, 3.63) is 65.0 Å². The molecule has 0 aliphatic carbocycles. The first kappa shape index (κ1) is 17.9. The first-order valence-electron chi connectivity index (χ1n) is 8.60. The molecule has 0 unspecified atom stereocenters. The molecule has 0 radical (unpaired) electrons. The van der Waals surface area contributed by atoms with Crippen LogP contribution in [-0.4, -0.2) is 30.7 Å². The third kappa shape index (κ3) is 2.90. The zero-order valence-corrected chi connectivity index (χ0v) is 15.8. The zero-order valence-electron chi connectivity index (χ0n) is 15.8. The lowest BCUT2D eigenvalue weighted by atomic mass is 9.85. The molecule has 1 aromatic heterocycles. The number of carbonyl (C=O) groups excluding carboxylic acids is 1. The van der Waals surface area contributed by atoms with Gasteiger partial charge in [0.15, 0.2) is 0 Å². The first-order chi connectivity index (χ1) is 12.3. The van der Waals surface area contributed by atoms with Crippen molar-refractivity contribution in [3.8, 4) is 0 Å². The molecule has 2 N–H and O–H groups in total. The maximum absolute atomic E-state index is 12.5. The van der Waals surface area contributed by atoms with Gasteiger partial charge in [-0.2, -0.15) is 0 Å². The fraction of sp³-hybridized carbons (Fsp3) is 0.286. The normalized spacial score (nSPS) is 15.8. The molecule has 1 amide bonds. The monoisotopic (exact) mass is 348 g/mol. The molecule has 2 aromatic rings. The van der Waals surface area contributed by atoms with Gasteiger partial charge >= 0.3 is 0 Å². The molecule has 26 heavy (non-hydrogen) atoms. The Kier molecular flexibility index (Phi) is 4.40. The average Bonchev–Trinajstić information content (AvgIpc) is 2.79. The molecule has 0 fully saturated rings. The van der Waals surface area contributed by atoms with Crippen LogP contribution in [0, 0.1) is 12.3 Å². The van der Waals surface area contributed by atoms with Gasteiger partial charge in [0.05, 0.1) is 11.1 Å². The van der Waals surface area contributed by atoms with Gasteiger partial charge in [-0.25, -0.2) is 0 Å². The summed E-state index contributed by atoms with van der Waals surface area (Å²) in [5.74, 6) is 0.0786. The molecule has 0 saturated heterocycles. The summed E-state index contributed by atoms with van der Waals surface area (Å²) in [5, 5.41) is 11.7. The summed E-state index contributed by atoms with van der Waals surface area (Å²) in [7, 11) is 3.63. The number of nitrogens with zero attached hydrogens (tertiary/aromatic N) is 2. The van der Waals surface area contributed by atoms with E-state index < -0.39 is 5.41 Å². The van der Waals surface area contributed by atoms with Crippen LogP contribution in [0.25, 0.3) is 5.70 Å². The molecule has 5 nitrogen and oxygen atoms in total. The Morgan fingerprint density at radius 3 is 2.62 bits per heavy atom. The molecular formula is C21H24N4O. The first-order valence-corrected chi connectivity index (χ1v) is 8.60. The smallest absolute Gasteiger partial charge is 0.236 e. The molecule has 1 aliphatic rings. The van der Waals surface area contributed by atoms with Crippen molar-refractivity contribution in [2.24, 2.45) is 0 Å². The van der Waals surface area contributed by atoms with Crippen molar-refractivity contribution >= 4 is 23.0 Å². The van der Waals surface area contributed by atoms with E-state index in [9.17, 15) is 4.79 Å². The summed E-state index contributed by atoms with van der Waals surface area (Å²) in [6, 6.07) is 9.69. The predicted molar refractivity (Wildman–Crippen MR) is 106 cm³/mol. The molecule has 0 spiro atoms. The summed E-state index contributed by atoms with van der Waals surface area (Å²) in [5.41, 5.74) is 5.29. The highest BCUT2D eigenvalue weighted by Gasteiger charge is 2.42. The van der Waals surface area contributed by atoms with Crippen molar-refractivity contribution in [2.75, 3.05) is 19.0 Å². The van der Waals surface area contributed by atoms with Crippen molar-refractivity contribution in [3.63, 3.8) is 0 Å². The molecule has 1 aliphatic heterocycles. The quantitative estimate of drug-likeness (QED) is 0.833. The standard InChI is InChI=1S/C21H24N4O/c1-13-10-15(8-9-24-13)18(23-4)12-17(22)14-6-7-16-19(11-14)25(5)20(26)21(16,2)3/h6-12,22-23H,1-5H3/b18-12-,22-17?. The highest BCUT2D eigenvalue weighted by atomic mass is 16.2. The van der Waals surface area contributed by atoms with E-state index in [4.69, 9.17) is 5.41 Å². The predicted octanol–water partition coefficient (Wildman–Crippen LogP) is 3.27. The number of allylic oxidation sites excluding steroid dienone is 1. The molecule has 0 bridgehead atoms. The Morgan fingerprint density at radius 1 is 1.23 bits per heavy atom. The molecule has 5 heteroatoms. The average molecular weight is 348 g/mol. The maximum Gasteiger partial charge on any atom is 0.236 e. The molecule has 3 rings (SSSR count). The maximum atomic E-state index is 12.5. The number of hydrogen-bond acceptors (Lipinski definition) is 4. The summed E-state index contributed by atoms with van der Waals surface area (Å²) in [6.07, 6.45) is 3.57. The van der Waals surface area contributed by atoms with Gasteiger partial charge in [-0.05, 0) is 50.6 Å². The van der Waals surface area contributed by atoms with Crippen LogP contribution in [0.4, 0.5) is 5.69 Å². The minimum atomic E-state index is -0.522. The Balaban J connectivity index is 1.98. The number of rotatable bonds is 4. The van der Waals surface area contributed by atoms with Crippen LogP contribution in [0.5, 0.6) is 0 Å². The number of benzene rings is 1. The van der Waals surface area contributed by atoms with Gasteiger partial charge in [0.25, 0.3) is 0 Å². The summed E-state index contributed by atoms with van der Waals surface area (Å²) in [6.45, 7) is 5.82. The molecular weight excluding hydrogens is 324 g/mol. The van der Waals surface area contributed by atoms with E-state index in [1.165, 1.54) is 0 Å². The lowest BCUT2D eigenvalue weighted by Crippen LogP contribution is -2.33. The number of amides is 1. The Bertz CT molecular complexity index is 927. The van der Waals surface area contributed by atoms with E-state index in [2.05, 4.69) is 10.3 Å². The highest BCUT2D eigenvalue weighted by Crippen LogP contribution is 2.41. The van der Waals surface area contributed by atoms with Crippen LogP contribution in [0.3, 0.4) is 0 Å². The minimum absolute atomic E-state index is 0.0786. The Labute approximate surface area is 154 Å². The van der Waals surface area contributed by atoms with E-state index in [1.54, 1.807) is 24.2 Å². The minimum Gasteiger partial charge on any atom is -0.388 e. The number of anilines is 1. The second-order valence-corrected chi connectivity index (χ2v) is 7.13. The van der Waals surface area contributed by atoms with Crippen molar-refractivity contribution in [2.45, 2.75) is 26.2 Å². The van der Waals surface area contributed by atoms with Crippen LogP contribution < -0.4 is 10.2 Å². The van der Waals surface area contributed by atoms with Gasteiger partial charge in [0.2, 0.25) is 5.91 Å². The summed E-state index contributed by atoms with van der Waals surface area (Å²) >= 11 is 0. The van der Waals surface area contributed by atoms with Gasteiger partial charge in [-0.15, -0.1) is 0 Å². The van der Waals surface area contributed by atoms with Crippen LogP contribution in [0.15, 0.2) is 42.6 Å². The number of likely N-dealkylation sites (N-methyl/N-ethyl adjacent to an activating group) is 1. The lowest BCUT2D eigenvalue weighted by molar-refractivity contribution is -0.121. The van der Waals surface area contributed by atoms with Crippen LogP contribution in [-0.2, 0) is 10.2 Å². The molecule has 0 saturated carbocycles. The second-order valence-electron chi connectivity index (χ2n) is 7.13. The highest BCUT2D eigenvalue weighted by molar-refractivity contribution is 6.13. The number of pyridine rings is 1. The van der Waals surface area contributed by atoms with Crippen LogP contribution >= 0.6 is 0 Å². The largest absolute Gasteiger partial charge is 0.388 e. The van der Waals surface area contributed by atoms with Gasteiger partial charge in [-0.3, -0.25) is 9.78 Å².